The van der Waals surface area contributed by atoms with Gasteiger partial charge in [0.1, 0.15) is 27.1 Å². The molecule has 0 saturated carbocycles. The van der Waals surface area contributed by atoms with E-state index in [1.165, 1.54) is 11.8 Å². The molecule has 1 unspecified atom stereocenters. The number of carbonyl (C=O) groups is 3. The van der Waals surface area contributed by atoms with Crippen molar-refractivity contribution in [3.8, 4) is 0 Å². The number of fused-ring (bicyclic) bond motifs is 1. The Bertz CT molecular complexity index is 1200. The summed E-state index contributed by atoms with van der Waals surface area (Å²) in [5.74, 6) is -2.52. The van der Waals surface area contributed by atoms with Crippen LogP contribution in [0.1, 0.15) is 5.69 Å². The number of β-lactam (4-membered cyclic amide) rings is 1. The van der Waals surface area contributed by atoms with Crippen LogP contribution in [0, 0.1) is 0 Å². The average Bonchev–Trinajstić information content (AvgIpc) is 3.30. The molecule has 18 heteroatoms. The number of carboxylic acid groups (broad SMARTS) is 1. The number of nitrogens with one attached hydrogen (secondary N) is 1. The monoisotopic (exact) mass is 534 g/mol. The summed E-state index contributed by atoms with van der Waals surface area (Å²) in [6.45, 7) is 0. The Morgan fingerprint density at radius 2 is 2.09 bits per heavy atom. The number of rotatable bonds is 6. The van der Waals surface area contributed by atoms with Crippen LogP contribution in [0.3, 0.4) is 0 Å². The van der Waals surface area contributed by atoms with E-state index in [-0.39, 0.29) is 32.6 Å². The molecule has 2 aliphatic heterocycles. The first-order valence-corrected chi connectivity index (χ1v) is 12.2. The highest BCUT2D eigenvalue weighted by Crippen LogP contribution is 2.45. The van der Waals surface area contributed by atoms with Gasteiger partial charge in [-0.25, -0.2) is 9.78 Å². The van der Waals surface area contributed by atoms with Crippen molar-refractivity contribution in [2.24, 2.45) is 5.16 Å². The summed E-state index contributed by atoms with van der Waals surface area (Å²) in [5.41, 5.74) is 10.2. The highest BCUT2D eigenvalue weighted by molar-refractivity contribution is 8.07. The third-order valence-electron chi connectivity index (χ3n) is 4.20. The van der Waals surface area contributed by atoms with Crippen LogP contribution in [0.25, 0.3) is 0 Å². The molecule has 2 aliphatic rings. The molecule has 1 fully saturated rings. The number of nitrogens with two attached hydrogens (primary N) is 2. The number of nitrogen functional groups attached to an aromatic ring is 2. The van der Waals surface area contributed by atoms with Crippen molar-refractivity contribution in [2.75, 3.05) is 17.2 Å². The molecule has 2 aromatic heterocycles. The van der Waals surface area contributed by atoms with Crippen molar-refractivity contribution in [1.82, 2.24) is 24.6 Å². The third kappa shape index (κ3) is 3.96. The summed E-state index contributed by atoms with van der Waals surface area (Å²) < 4.78 is 4.32. The number of carbonyl (C=O) groups excluding carboxylic acids is 2. The van der Waals surface area contributed by atoms with Gasteiger partial charge in [-0.2, -0.15) is 9.36 Å². The highest BCUT2D eigenvalue weighted by Gasteiger charge is 2.54. The first kappa shape index (κ1) is 22.6. The molecule has 0 radical (unpaired) electrons. The van der Waals surface area contributed by atoms with Crippen molar-refractivity contribution in [3.05, 3.63) is 20.6 Å². The van der Waals surface area contributed by atoms with Gasteiger partial charge in [0.05, 0.1) is 0 Å². The number of anilines is 2. The lowest BCUT2D eigenvalue weighted by Gasteiger charge is -2.49. The Balaban J connectivity index is 1.53. The van der Waals surface area contributed by atoms with Crippen molar-refractivity contribution < 1.29 is 24.7 Å². The number of aromatic nitrogens is 3. The molecule has 2 amide bonds. The van der Waals surface area contributed by atoms with Gasteiger partial charge in [0.25, 0.3) is 11.8 Å². The van der Waals surface area contributed by atoms with Crippen molar-refractivity contribution in [3.63, 3.8) is 0 Å². The lowest BCUT2D eigenvalue weighted by Crippen LogP contribution is -2.71. The number of hydrogen-bond donors (Lipinski definition) is 5. The molecule has 0 bridgehead atoms. The van der Waals surface area contributed by atoms with E-state index in [1.807, 2.05) is 0 Å². The first-order valence-electron chi connectivity index (χ1n) is 8.34. The van der Waals surface area contributed by atoms with Crippen LogP contribution in [-0.2, 0) is 14.4 Å². The second-order valence-corrected chi connectivity index (χ2v) is 10.9. The number of thiazole rings is 1. The molecule has 0 aromatic carbocycles. The highest BCUT2D eigenvalue weighted by atomic mass is 35.5. The lowest BCUT2D eigenvalue weighted by molar-refractivity contribution is -0.150. The first-order chi connectivity index (χ1) is 15.2. The van der Waals surface area contributed by atoms with E-state index in [4.69, 9.17) is 23.1 Å². The maximum absolute atomic E-state index is 12.8. The van der Waals surface area contributed by atoms with Crippen LogP contribution < -0.4 is 16.8 Å². The molecule has 2 atom stereocenters. The molecular weight excluding hydrogens is 524 g/mol. The minimum absolute atomic E-state index is 0.0362. The fourth-order valence-corrected chi connectivity index (χ4v) is 7.01. The average molecular weight is 535 g/mol. The number of thioether (sulfide) groups is 2. The Morgan fingerprint density at radius 3 is 2.66 bits per heavy atom. The van der Waals surface area contributed by atoms with Gasteiger partial charge in [0, 0.05) is 10.7 Å². The predicted molar refractivity (Wildman–Crippen MR) is 120 cm³/mol. The summed E-state index contributed by atoms with van der Waals surface area (Å²) in [5, 5.41) is 23.7. The summed E-state index contributed by atoms with van der Waals surface area (Å²) in [6, 6.07) is -1.04. The fraction of sp³-hybridized carbons (Fsp3) is 0.214. The van der Waals surface area contributed by atoms with Gasteiger partial charge in [0.2, 0.25) is 5.95 Å². The van der Waals surface area contributed by atoms with E-state index >= 15 is 0 Å². The van der Waals surface area contributed by atoms with E-state index in [0.29, 0.717) is 9.24 Å². The number of nitrogens with zero attached hydrogens (tertiary/aromatic N) is 5. The summed E-state index contributed by atoms with van der Waals surface area (Å²) in [7, 11) is 0. The fourth-order valence-electron chi connectivity index (χ4n) is 2.91. The molecule has 4 rings (SSSR count). The van der Waals surface area contributed by atoms with E-state index < -0.39 is 34.9 Å². The molecular formula is C14H11ClN8O5S4. The Kier molecular flexibility index (Phi) is 6.17. The second-order valence-electron chi connectivity index (χ2n) is 6.08. The zero-order valence-corrected chi connectivity index (χ0v) is 19.4. The van der Waals surface area contributed by atoms with Crippen LogP contribution in [-0.4, -0.2) is 70.2 Å². The molecule has 13 nitrogen and oxygen atoms in total. The summed E-state index contributed by atoms with van der Waals surface area (Å²) in [6.07, 6.45) is 0. The maximum Gasteiger partial charge on any atom is 0.353 e. The van der Waals surface area contributed by atoms with Crippen molar-refractivity contribution in [1.29, 1.82) is 0 Å². The van der Waals surface area contributed by atoms with E-state index in [2.05, 4.69) is 24.8 Å². The number of hydrogen-bond acceptors (Lipinski definition) is 14. The van der Waals surface area contributed by atoms with Gasteiger partial charge in [-0.1, -0.05) is 39.9 Å². The predicted octanol–water partition coefficient (Wildman–Crippen LogP) is 0.479. The second kappa shape index (κ2) is 8.74. The Labute approximate surface area is 200 Å². The SMILES string of the molecule is Nc1nsc(SC2=C(C(=O)O)N3C(=O)[C@@H](NC(=O)C(=NO)c4nc(N)sc4Cl)C3SC2)n1. The van der Waals surface area contributed by atoms with Crippen LogP contribution in [0.5, 0.6) is 0 Å². The topological polar surface area (TPSA) is 210 Å². The number of amides is 2. The molecule has 1 saturated heterocycles. The number of oxime groups is 1. The zero-order chi connectivity index (χ0) is 23.2. The van der Waals surface area contributed by atoms with Gasteiger partial charge >= 0.3 is 5.97 Å². The summed E-state index contributed by atoms with van der Waals surface area (Å²) in [4.78, 5) is 46.6. The van der Waals surface area contributed by atoms with E-state index in [0.717, 1.165) is 39.5 Å². The van der Waals surface area contributed by atoms with Gasteiger partial charge in [-0.3, -0.25) is 14.5 Å². The minimum atomic E-state index is -1.30. The van der Waals surface area contributed by atoms with Crippen LogP contribution in [0.15, 0.2) is 20.1 Å². The third-order valence-corrected chi connectivity index (χ3v) is 8.59. The molecule has 168 valence electrons. The quantitative estimate of drug-likeness (QED) is 0.148. The van der Waals surface area contributed by atoms with Crippen LogP contribution >= 0.6 is 58.0 Å². The van der Waals surface area contributed by atoms with Crippen LogP contribution in [0.2, 0.25) is 4.34 Å². The number of halogens is 1. The largest absolute Gasteiger partial charge is 0.477 e. The van der Waals surface area contributed by atoms with Crippen molar-refractivity contribution >= 4 is 92.6 Å². The molecule has 32 heavy (non-hydrogen) atoms. The van der Waals surface area contributed by atoms with Gasteiger partial charge in [-0.15, -0.1) is 11.8 Å². The Morgan fingerprint density at radius 1 is 1.34 bits per heavy atom. The molecule has 2 aromatic rings. The normalized spacial score (nSPS) is 20.7. The summed E-state index contributed by atoms with van der Waals surface area (Å²) >= 11 is 10.2. The maximum atomic E-state index is 12.8. The number of carboxylic acids is 1. The van der Waals surface area contributed by atoms with Gasteiger partial charge in [0.15, 0.2) is 15.2 Å². The van der Waals surface area contributed by atoms with E-state index in [9.17, 15) is 24.7 Å². The van der Waals surface area contributed by atoms with Crippen LogP contribution in [0.4, 0.5) is 11.1 Å². The minimum Gasteiger partial charge on any atom is -0.477 e. The van der Waals surface area contributed by atoms with Crippen molar-refractivity contribution in [2.45, 2.75) is 15.8 Å². The molecule has 7 N–H and O–H groups in total. The van der Waals surface area contributed by atoms with E-state index in [1.54, 1.807) is 0 Å². The Hall–Kier alpha value is -2.60. The smallest absolute Gasteiger partial charge is 0.353 e. The van der Waals surface area contributed by atoms with Gasteiger partial charge < -0.3 is 27.1 Å². The zero-order valence-electron chi connectivity index (χ0n) is 15.4. The molecule has 0 spiro atoms. The molecule has 0 aliphatic carbocycles. The number of aliphatic carboxylic acids is 1. The molecule has 4 heterocycles. The van der Waals surface area contributed by atoms with Gasteiger partial charge in [-0.05, 0) is 11.5 Å². The standard InChI is InChI=1S/C14H11ClN8O5S4/c15-7-3(19-13(17)31-7)4(21-28)8(24)18-5-9(25)23-6(11(26)27)2(1-29-10(5)23)30-14-20-12(16)22-32-14/h5,10,28H,1H2,(H2,16,22)(H2,17,19)(H,18,24)(H,26,27)/t5-,10?/m1/s1. The lowest BCUT2D eigenvalue weighted by atomic mass is 10.0.